The van der Waals surface area contributed by atoms with Crippen LogP contribution in [0.5, 0.6) is 0 Å². The van der Waals surface area contributed by atoms with E-state index in [1.807, 2.05) is 24.5 Å². The number of carboxylic acids is 1. The predicted molar refractivity (Wildman–Crippen MR) is 230 cm³/mol. The Kier molecular flexibility index (Phi) is 34.1. The molecule has 1 N–H and O–H groups in total. The quantitative estimate of drug-likeness (QED) is 0.0535. The summed E-state index contributed by atoms with van der Waals surface area (Å²) in [6, 6.07) is 3.89. The van der Waals surface area contributed by atoms with Crippen LogP contribution in [0.3, 0.4) is 0 Å². The van der Waals surface area contributed by atoms with Crippen molar-refractivity contribution in [2.24, 2.45) is 17.8 Å². The van der Waals surface area contributed by atoms with Crippen LogP contribution in [0.25, 0.3) is 0 Å². The molecular weight excluding hydrogens is 665 g/mol. The molecule has 0 radical (unpaired) electrons. The van der Waals surface area contributed by atoms with E-state index >= 15 is 0 Å². The molecule has 3 atom stereocenters. The summed E-state index contributed by atoms with van der Waals surface area (Å²) in [7, 11) is 0. The van der Waals surface area contributed by atoms with Gasteiger partial charge in [0.05, 0.1) is 5.69 Å². The second-order valence-corrected chi connectivity index (χ2v) is 17.0. The molecule has 1 heterocycles. The Labute approximate surface area is 336 Å². The van der Waals surface area contributed by atoms with E-state index in [4.69, 9.17) is 0 Å². The molecule has 0 bridgehead atoms. The molecule has 0 aromatic carbocycles. The lowest BCUT2D eigenvalue weighted by atomic mass is 9.77. The number of carboxylic acid groups (broad SMARTS) is 1. The van der Waals surface area contributed by atoms with Crippen molar-refractivity contribution >= 4 is 17.6 Å². The van der Waals surface area contributed by atoms with Crippen molar-refractivity contribution in [3.63, 3.8) is 0 Å². The van der Waals surface area contributed by atoms with Gasteiger partial charge in [-0.05, 0) is 18.8 Å². The third kappa shape index (κ3) is 27.6. The van der Waals surface area contributed by atoms with E-state index in [0.29, 0.717) is 0 Å². The number of pyridine rings is 1. The van der Waals surface area contributed by atoms with E-state index in [0.717, 1.165) is 44.3 Å². The second kappa shape index (κ2) is 36.7. The van der Waals surface area contributed by atoms with Crippen molar-refractivity contribution in [3.05, 3.63) is 24.5 Å². The van der Waals surface area contributed by atoms with E-state index in [-0.39, 0.29) is 11.8 Å². The van der Waals surface area contributed by atoms with Gasteiger partial charge in [-0.1, -0.05) is 227 Å². The van der Waals surface area contributed by atoms with Crippen LogP contribution in [0.4, 0.5) is 5.69 Å². The van der Waals surface area contributed by atoms with Gasteiger partial charge in [0.25, 0.3) is 0 Å². The first-order valence-corrected chi connectivity index (χ1v) is 23.9. The average molecular weight is 755 g/mol. The van der Waals surface area contributed by atoms with E-state index in [1.54, 1.807) is 6.92 Å². The average Bonchev–Trinajstić information content (AvgIpc) is 3.17. The number of unbranched alkanes of at least 4 members (excludes halogenated alkanes) is 30. The van der Waals surface area contributed by atoms with Crippen LogP contribution in [0.2, 0.25) is 0 Å². The van der Waals surface area contributed by atoms with Crippen molar-refractivity contribution in [2.75, 3.05) is 5.32 Å². The Balaban J connectivity index is 2.24. The molecular formula is C49H90N2O3. The van der Waals surface area contributed by atoms with Gasteiger partial charge in [0.1, 0.15) is 6.54 Å². The van der Waals surface area contributed by atoms with Crippen molar-refractivity contribution < 1.29 is 19.3 Å². The van der Waals surface area contributed by atoms with Crippen LogP contribution >= 0.6 is 0 Å². The normalized spacial score (nSPS) is 13.2. The van der Waals surface area contributed by atoms with Gasteiger partial charge in [0.2, 0.25) is 5.91 Å². The van der Waals surface area contributed by atoms with Crippen LogP contribution in [-0.4, -0.2) is 11.9 Å². The summed E-state index contributed by atoms with van der Waals surface area (Å²) in [6.07, 6.45) is 49.0. The molecule has 1 rings (SSSR count). The molecule has 0 aliphatic rings. The minimum atomic E-state index is -1.13. The molecule has 0 saturated heterocycles. The minimum Gasteiger partial charge on any atom is -0.550 e. The number of hydrogen-bond donors (Lipinski definition) is 1. The third-order valence-electron chi connectivity index (χ3n) is 12.1. The summed E-state index contributed by atoms with van der Waals surface area (Å²) in [5, 5.41) is 15.0. The molecule has 0 spiro atoms. The summed E-state index contributed by atoms with van der Waals surface area (Å²) in [4.78, 5) is 25.5. The van der Waals surface area contributed by atoms with Crippen LogP contribution in [0.15, 0.2) is 24.5 Å². The maximum atomic E-state index is 13.5. The van der Waals surface area contributed by atoms with Crippen LogP contribution in [-0.2, 0) is 16.1 Å². The maximum absolute atomic E-state index is 13.5. The molecule has 3 unspecified atom stereocenters. The number of nitrogens with zero attached hydrogens (tertiary/aromatic N) is 1. The Morgan fingerprint density at radius 2 is 0.870 bits per heavy atom. The first kappa shape index (κ1) is 50.1. The fourth-order valence-corrected chi connectivity index (χ4v) is 8.35. The standard InChI is InChI=1S/C49H90N2O3/c1-5-8-10-12-14-16-18-20-22-24-26-28-30-32-34-36-38-45(7-3)47(44(4)49(53)54)48(52)50-46-39-42-51(43-40-46)41-37-35-33-31-29-27-25-23-21-19-17-15-13-11-9-6-2/h39-40,42-45,47H,5-38,41H2,1-4H3,(H,53,54). The second-order valence-electron chi connectivity index (χ2n) is 17.0. The Morgan fingerprint density at radius 3 is 1.20 bits per heavy atom. The van der Waals surface area contributed by atoms with Gasteiger partial charge in [-0.25, -0.2) is 4.57 Å². The zero-order valence-electron chi connectivity index (χ0n) is 36.5. The lowest BCUT2D eigenvalue weighted by molar-refractivity contribution is -0.697. The summed E-state index contributed by atoms with van der Waals surface area (Å²) < 4.78 is 2.19. The summed E-state index contributed by atoms with van der Waals surface area (Å²) >= 11 is 0. The van der Waals surface area contributed by atoms with Gasteiger partial charge in [-0.2, -0.15) is 0 Å². The van der Waals surface area contributed by atoms with Crippen molar-refractivity contribution in [2.45, 2.75) is 253 Å². The lowest BCUT2D eigenvalue weighted by Crippen LogP contribution is -2.43. The molecule has 0 aliphatic heterocycles. The summed E-state index contributed by atoms with van der Waals surface area (Å²) in [5.74, 6) is -2.70. The molecule has 0 saturated carbocycles. The number of aryl methyl sites for hydroxylation is 1. The molecule has 5 heteroatoms. The van der Waals surface area contributed by atoms with E-state index in [9.17, 15) is 14.7 Å². The number of aliphatic carboxylic acids is 1. The van der Waals surface area contributed by atoms with Crippen molar-refractivity contribution in [1.29, 1.82) is 0 Å². The fourth-order valence-electron chi connectivity index (χ4n) is 8.35. The van der Waals surface area contributed by atoms with Crippen molar-refractivity contribution in [3.8, 4) is 0 Å². The number of amides is 1. The lowest BCUT2D eigenvalue weighted by Gasteiger charge is -2.31. The molecule has 1 amide bonds. The van der Waals surface area contributed by atoms with Crippen LogP contribution < -0.4 is 15.0 Å². The highest BCUT2D eigenvalue weighted by Crippen LogP contribution is 2.30. The monoisotopic (exact) mass is 755 g/mol. The molecule has 54 heavy (non-hydrogen) atoms. The van der Waals surface area contributed by atoms with Crippen molar-refractivity contribution in [1.82, 2.24) is 0 Å². The maximum Gasteiger partial charge on any atom is 0.228 e. The SMILES string of the molecule is CCCCCCCCCCCCCCCCCCC(CC)C(C(=O)Nc1cc[n+](CCCCCCCCCCCCCCCCCC)cc1)C(C)C(=O)[O-]. The number of rotatable bonds is 40. The Morgan fingerprint density at radius 1 is 0.537 bits per heavy atom. The van der Waals surface area contributed by atoms with E-state index < -0.39 is 17.8 Å². The fraction of sp³-hybridized carbons (Fsp3) is 0.857. The highest BCUT2D eigenvalue weighted by Gasteiger charge is 2.33. The van der Waals surface area contributed by atoms with Crippen LogP contribution in [0, 0.1) is 17.8 Å². The number of carbonyl (C=O) groups excluding carboxylic acids is 2. The topological polar surface area (TPSA) is 73.1 Å². The zero-order chi connectivity index (χ0) is 39.3. The highest BCUT2D eigenvalue weighted by atomic mass is 16.4. The van der Waals surface area contributed by atoms with Gasteiger partial charge >= 0.3 is 0 Å². The van der Waals surface area contributed by atoms with Gasteiger partial charge < -0.3 is 15.2 Å². The first-order valence-electron chi connectivity index (χ1n) is 23.9. The molecule has 1 aromatic rings. The van der Waals surface area contributed by atoms with Gasteiger partial charge in [0, 0.05) is 36.4 Å². The minimum absolute atomic E-state index is 0.0353. The first-order chi connectivity index (χ1) is 26.4. The number of aromatic nitrogens is 1. The Bertz CT molecular complexity index is 980. The largest absolute Gasteiger partial charge is 0.550 e. The van der Waals surface area contributed by atoms with E-state index in [1.165, 1.54) is 186 Å². The molecule has 0 aliphatic carbocycles. The van der Waals surface area contributed by atoms with Gasteiger partial charge in [-0.3, -0.25) is 4.79 Å². The molecule has 1 aromatic heterocycles. The zero-order valence-corrected chi connectivity index (χ0v) is 36.5. The molecule has 314 valence electrons. The predicted octanol–water partition coefficient (Wildman–Crippen LogP) is 13.9. The number of anilines is 1. The number of hydrogen-bond acceptors (Lipinski definition) is 3. The van der Waals surface area contributed by atoms with Crippen LogP contribution in [0.1, 0.15) is 246 Å². The van der Waals surface area contributed by atoms with E-state index in [2.05, 4.69) is 30.7 Å². The van der Waals surface area contributed by atoms with Gasteiger partial charge in [-0.15, -0.1) is 0 Å². The molecule has 5 nitrogen and oxygen atoms in total. The summed E-state index contributed by atoms with van der Waals surface area (Å²) in [6.45, 7) is 9.28. The third-order valence-corrected chi connectivity index (χ3v) is 12.1. The highest BCUT2D eigenvalue weighted by molar-refractivity contribution is 5.94. The van der Waals surface area contributed by atoms with Gasteiger partial charge in [0.15, 0.2) is 12.4 Å². The smallest absolute Gasteiger partial charge is 0.228 e. The number of carbonyl (C=O) groups is 2. The Hall–Kier alpha value is -1.91. The molecule has 0 fully saturated rings. The summed E-state index contributed by atoms with van der Waals surface area (Å²) in [5.41, 5.74) is 0.732. The number of nitrogens with one attached hydrogen (secondary N) is 1.